The van der Waals surface area contributed by atoms with Crippen molar-refractivity contribution in [2.75, 3.05) is 0 Å². The molecular weight excluding hydrogens is 318 g/mol. The van der Waals surface area contributed by atoms with Gasteiger partial charge in [-0.3, -0.25) is 14.9 Å². The smallest absolute Gasteiger partial charge is 0.244 e. The van der Waals surface area contributed by atoms with Gasteiger partial charge in [0.2, 0.25) is 21.8 Å². The maximum atomic E-state index is 12.2. The van der Waals surface area contributed by atoms with Gasteiger partial charge in [-0.05, 0) is 24.1 Å². The van der Waals surface area contributed by atoms with Gasteiger partial charge in [0, 0.05) is 18.0 Å². The van der Waals surface area contributed by atoms with Crippen LogP contribution >= 0.6 is 11.6 Å². The number of piperidine rings is 1. The Morgan fingerprint density at radius 2 is 2.10 bits per heavy atom. The second-order valence-corrected chi connectivity index (χ2v) is 6.70. The Kier molecular flexibility index (Phi) is 4.62. The van der Waals surface area contributed by atoms with Gasteiger partial charge in [-0.25, -0.2) is 8.42 Å². The van der Waals surface area contributed by atoms with Crippen LogP contribution in [0.15, 0.2) is 23.1 Å². The zero-order chi connectivity index (χ0) is 15.6. The van der Waals surface area contributed by atoms with Crippen molar-refractivity contribution in [3.8, 4) is 0 Å². The molecule has 1 aliphatic heterocycles. The standard InChI is InChI=1S/C12H14ClN3O4S/c13-9-5-8(2-1-7(9)6-14)21(19,20)16-10-3-4-11(17)15-12(10)18/h1-2,5,10,16H,3-4,6,14H2,(H,15,17,18). The minimum atomic E-state index is -3.91. The molecule has 21 heavy (non-hydrogen) atoms. The lowest BCUT2D eigenvalue weighted by Crippen LogP contribution is -2.52. The van der Waals surface area contributed by atoms with Crippen LogP contribution in [0.5, 0.6) is 0 Å². The van der Waals surface area contributed by atoms with Gasteiger partial charge in [0.25, 0.3) is 0 Å². The highest BCUT2D eigenvalue weighted by atomic mass is 35.5. The average molecular weight is 332 g/mol. The fourth-order valence-electron chi connectivity index (χ4n) is 1.92. The van der Waals surface area contributed by atoms with Crippen LogP contribution in [0.1, 0.15) is 18.4 Å². The van der Waals surface area contributed by atoms with E-state index in [0.717, 1.165) is 0 Å². The van der Waals surface area contributed by atoms with Crippen molar-refractivity contribution in [1.29, 1.82) is 0 Å². The van der Waals surface area contributed by atoms with E-state index in [0.29, 0.717) is 5.56 Å². The Bertz CT molecular complexity index is 690. The molecule has 2 amide bonds. The number of rotatable bonds is 4. The van der Waals surface area contributed by atoms with Crippen molar-refractivity contribution >= 4 is 33.4 Å². The Morgan fingerprint density at radius 3 is 2.67 bits per heavy atom. The molecule has 1 atom stereocenters. The lowest BCUT2D eigenvalue weighted by molar-refractivity contribution is -0.134. The quantitative estimate of drug-likeness (QED) is 0.665. The van der Waals surface area contributed by atoms with Crippen LogP contribution in [-0.2, 0) is 26.2 Å². The number of nitrogens with one attached hydrogen (secondary N) is 2. The monoisotopic (exact) mass is 331 g/mol. The minimum absolute atomic E-state index is 0.0607. The third kappa shape index (κ3) is 3.59. The third-order valence-corrected chi connectivity index (χ3v) is 4.91. The molecule has 0 saturated carbocycles. The topological polar surface area (TPSA) is 118 Å². The van der Waals surface area contributed by atoms with E-state index in [2.05, 4.69) is 10.0 Å². The maximum Gasteiger partial charge on any atom is 0.244 e. The summed E-state index contributed by atoms with van der Waals surface area (Å²) in [4.78, 5) is 22.6. The van der Waals surface area contributed by atoms with Gasteiger partial charge in [0.05, 0.1) is 4.90 Å². The van der Waals surface area contributed by atoms with Crippen molar-refractivity contribution < 1.29 is 18.0 Å². The normalized spacial score (nSPS) is 19.4. The first kappa shape index (κ1) is 15.9. The molecule has 1 saturated heterocycles. The number of carbonyl (C=O) groups is 2. The molecule has 1 aromatic carbocycles. The van der Waals surface area contributed by atoms with E-state index in [9.17, 15) is 18.0 Å². The second kappa shape index (κ2) is 6.10. The number of imide groups is 1. The van der Waals surface area contributed by atoms with Crippen molar-refractivity contribution in [3.05, 3.63) is 28.8 Å². The predicted octanol–water partition coefficient (Wildman–Crippen LogP) is -0.118. The Hall–Kier alpha value is -1.48. The Morgan fingerprint density at radius 1 is 1.38 bits per heavy atom. The predicted molar refractivity (Wildman–Crippen MR) is 75.8 cm³/mol. The summed E-state index contributed by atoms with van der Waals surface area (Å²) in [7, 11) is -3.91. The van der Waals surface area contributed by atoms with E-state index in [1.54, 1.807) is 0 Å². The molecule has 1 fully saturated rings. The molecule has 1 unspecified atom stereocenters. The minimum Gasteiger partial charge on any atom is -0.326 e. The molecule has 0 aromatic heterocycles. The van der Waals surface area contributed by atoms with Crippen molar-refractivity contribution in [1.82, 2.24) is 10.0 Å². The first-order chi connectivity index (χ1) is 9.83. The van der Waals surface area contributed by atoms with E-state index in [-0.39, 0.29) is 29.3 Å². The van der Waals surface area contributed by atoms with Crippen LogP contribution in [0.3, 0.4) is 0 Å². The van der Waals surface area contributed by atoms with Crippen LogP contribution < -0.4 is 15.8 Å². The molecule has 7 nitrogen and oxygen atoms in total. The molecule has 4 N–H and O–H groups in total. The Balaban J connectivity index is 2.20. The van der Waals surface area contributed by atoms with Crippen molar-refractivity contribution in [2.45, 2.75) is 30.3 Å². The van der Waals surface area contributed by atoms with Crippen molar-refractivity contribution in [2.24, 2.45) is 5.73 Å². The highest BCUT2D eigenvalue weighted by Gasteiger charge is 2.30. The third-order valence-electron chi connectivity index (χ3n) is 3.09. The van der Waals surface area contributed by atoms with E-state index >= 15 is 0 Å². The Labute approximate surface area is 126 Å². The van der Waals surface area contributed by atoms with Gasteiger partial charge in [-0.15, -0.1) is 0 Å². The summed E-state index contributed by atoms with van der Waals surface area (Å²) < 4.78 is 26.7. The van der Waals surface area contributed by atoms with E-state index in [1.165, 1.54) is 18.2 Å². The van der Waals surface area contributed by atoms with E-state index in [4.69, 9.17) is 17.3 Å². The molecule has 2 rings (SSSR count). The maximum absolute atomic E-state index is 12.2. The molecule has 114 valence electrons. The number of benzene rings is 1. The molecule has 1 aromatic rings. The summed E-state index contributed by atoms with van der Waals surface area (Å²) in [6, 6.07) is 3.18. The number of amides is 2. The zero-order valence-electron chi connectivity index (χ0n) is 10.9. The SMILES string of the molecule is NCc1ccc(S(=O)(=O)NC2CCC(=O)NC2=O)cc1Cl. The highest BCUT2D eigenvalue weighted by Crippen LogP contribution is 2.21. The van der Waals surface area contributed by atoms with Gasteiger partial charge in [-0.1, -0.05) is 17.7 Å². The molecule has 1 aliphatic rings. The first-order valence-electron chi connectivity index (χ1n) is 6.18. The van der Waals surface area contributed by atoms with Crippen LogP contribution in [0.4, 0.5) is 0 Å². The van der Waals surface area contributed by atoms with Crippen LogP contribution in [-0.4, -0.2) is 26.3 Å². The highest BCUT2D eigenvalue weighted by molar-refractivity contribution is 7.89. The lowest BCUT2D eigenvalue weighted by atomic mass is 10.1. The molecule has 1 heterocycles. The molecule has 9 heteroatoms. The summed E-state index contributed by atoms with van der Waals surface area (Å²) in [5.41, 5.74) is 6.08. The summed E-state index contributed by atoms with van der Waals surface area (Å²) in [6.07, 6.45) is 0.213. The molecule has 0 bridgehead atoms. The van der Waals surface area contributed by atoms with Crippen LogP contribution in [0.2, 0.25) is 5.02 Å². The van der Waals surface area contributed by atoms with Gasteiger partial charge in [-0.2, -0.15) is 4.72 Å². The fourth-order valence-corrected chi connectivity index (χ4v) is 3.50. The van der Waals surface area contributed by atoms with Gasteiger partial charge < -0.3 is 5.73 Å². The fraction of sp³-hybridized carbons (Fsp3) is 0.333. The molecule has 0 spiro atoms. The summed E-state index contributed by atoms with van der Waals surface area (Å²) in [5.74, 6) is -1.06. The van der Waals surface area contributed by atoms with Crippen molar-refractivity contribution in [3.63, 3.8) is 0 Å². The number of sulfonamides is 1. The summed E-state index contributed by atoms with van der Waals surface area (Å²) >= 11 is 5.93. The average Bonchev–Trinajstić information content (AvgIpc) is 2.42. The van der Waals surface area contributed by atoms with E-state index < -0.39 is 27.9 Å². The summed E-state index contributed by atoms with van der Waals surface area (Å²) in [6.45, 7) is 0.194. The molecule has 0 aliphatic carbocycles. The number of halogens is 1. The lowest BCUT2D eigenvalue weighted by Gasteiger charge is -2.21. The largest absolute Gasteiger partial charge is 0.326 e. The first-order valence-corrected chi connectivity index (χ1v) is 8.04. The van der Waals surface area contributed by atoms with Gasteiger partial charge in [0.15, 0.2) is 0 Å². The number of carbonyl (C=O) groups excluding carboxylic acids is 2. The number of hydrogen-bond donors (Lipinski definition) is 3. The number of nitrogens with two attached hydrogens (primary N) is 1. The van der Waals surface area contributed by atoms with Crippen LogP contribution in [0.25, 0.3) is 0 Å². The second-order valence-electron chi connectivity index (χ2n) is 4.58. The van der Waals surface area contributed by atoms with Crippen LogP contribution in [0, 0.1) is 0 Å². The van der Waals surface area contributed by atoms with Gasteiger partial charge in [0.1, 0.15) is 6.04 Å². The zero-order valence-corrected chi connectivity index (χ0v) is 12.5. The number of hydrogen-bond acceptors (Lipinski definition) is 5. The summed E-state index contributed by atoms with van der Waals surface area (Å²) in [5, 5.41) is 2.33. The molecule has 0 radical (unpaired) electrons. The van der Waals surface area contributed by atoms with Gasteiger partial charge >= 0.3 is 0 Å². The van der Waals surface area contributed by atoms with E-state index in [1.807, 2.05) is 0 Å². The molecular formula is C12H14ClN3O4S.